The molecule has 1 aromatic rings. The lowest BCUT2D eigenvalue weighted by Gasteiger charge is -2.33. The van der Waals surface area contributed by atoms with Gasteiger partial charge in [0, 0.05) is 11.6 Å². The van der Waals surface area contributed by atoms with E-state index >= 15 is 0 Å². The number of hydrogen-bond donors (Lipinski definition) is 0. The lowest BCUT2D eigenvalue weighted by molar-refractivity contribution is -0.139. The van der Waals surface area contributed by atoms with Crippen molar-refractivity contribution in [2.45, 2.75) is 6.10 Å². The largest absolute Gasteiger partial charge is 0.370 e. The predicted molar refractivity (Wildman–Crippen MR) is 75.3 cm³/mol. The first kappa shape index (κ1) is 14.3. The van der Waals surface area contributed by atoms with Gasteiger partial charge in [-0.05, 0) is 31.8 Å². The zero-order valence-electron chi connectivity index (χ0n) is 11.3. The lowest BCUT2D eigenvalue weighted by atomic mass is 10.1. The number of morpholine rings is 1. The number of carbonyl (C=O) groups excluding carboxylic acids is 1. The van der Waals surface area contributed by atoms with Crippen molar-refractivity contribution >= 4 is 17.5 Å². The average Bonchev–Trinajstić information content (AvgIpc) is 2.39. The van der Waals surface area contributed by atoms with Crippen molar-refractivity contribution in [3.63, 3.8) is 0 Å². The number of nitrogens with zero attached hydrogens (tertiary/aromatic N) is 2. The van der Waals surface area contributed by atoms with Gasteiger partial charge in [-0.15, -0.1) is 0 Å². The molecule has 1 fully saturated rings. The quantitative estimate of drug-likeness (QED) is 0.848. The standard InChI is InChI=1S/C14H19ClN2O2/c1-16(2)10-14(18)17-7-8-19-13(9-17)11-3-5-12(15)6-4-11/h3-6,13H,7-10H2,1-2H3/t13-/m1/s1. The summed E-state index contributed by atoms with van der Waals surface area (Å²) in [7, 11) is 3.80. The Morgan fingerprint density at radius 2 is 2.11 bits per heavy atom. The fraction of sp³-hybridized carbons (Fsp3) is 0.500. The third kappa shape index (κ3) is 3.93. The van der Waals surface area contributed by atoms with E-state index in [0.717, 1.165) is 5.56 Å². The van der Waals surface area contributed by atoms with Crippen LogP contribution in [-0.4, -0.2) is 56.0 Å². The van der Waals surface area contributed by atoms with Crippen molar-refractivity contribution in [2.24, 2.45) is 0 Å². The summed E-state index contributed by atoms with van der Waals surface area (Å²) in [5.41, 5.74) is 1.06. The smallest absolute Gasteiger partial charge is 0.236 e. The van der Waals surface area contributed by atoms with Crippen LogP contribution in [-0.2, 0) is 9.53 Å². The SMILES string of the molecule is CN(C)CC(=O)N1CCO[C@@H](c2ccc(Cl)cc2)C1. The molecule has 0 N–H and O–H groups in total. The first-order valence-electron chi connectivity index (χ1n) is 6.36. The van der Waals surface area contributed by atoms with E-state index in [0.29, 0.717) is 31.3 Å². The molecular weight excluding hydrogens is 264 g/mol. The Kier molecular flexibility index (Phi) is 4.80. The van der Waals surface area contributed by atoms with Crippen LogP contribution in [0.25, 0.3) is 0 Å². The maximum Gasteiger partial charge on any atom is 0.236 e. The molecule has 1 aliphatic heterocycles. The second-order valence-electron chi connectivity index (χ2n) is 4.99. The fourth-order valence-corrected chi connectivity index (χ4v) is 2.25. The predicted octanol–water partition coefficient (Wildman–Crippen LogP) is 1.80. The van der Waals surface area contributed by atoms with Crippen LogP contribution in [0.3, 0.4) is 0 Å². The van der Waals surface area contributed by atoms with Crippen LogP contribution in [0.5, 0.6) is 0 Å². The van der Waals surface area contributed by atoms with Crippen molar-refractivity contribution < 1.29 is 9.53 Å². The zero-order valence-corrected chi connectivity index (χ0v) is 12.1. The average molecular weight is 283 g/mol. The molecule has 1 aromatic carbocycles. The first-order valence-corrected chi connectivity index (χ1v) is 6.73. The number of rotatable bonds is 3. The summed E-state index contributed by atoms with van der Waals surface area (Å²) in [5.74, 6) is 0.146. The molecule has 0 aromatic heterocycles. The molecule has 1 atom stereocenters. The molecule has 0 spiro atoms. The molecule has 2 rings (SSSR count). The van der Waals surface area contributed by atoms with Crippen LogP contribution < -0.4 is 0 Å². The van der Waals surface area contributed by atoms with Gasteiger partial charge in [0.1, 0.15) is 6.10 Å². The van der Waals surface area contributed by atoms with Crippen LogP contribution in [0.4, 0.5) is 0 Å². The van der Waals surface area contributed by atoms with Gasteiger partial charge < -0.3 is 14.5 Å². The summed E-state index contributed by atoms with van der Waals surface area (Å²) in [6.45, 7) is 2.28. The fourth-order valence-electron chi connectivity index (χ4n) is 2.13. The first-order chi connectivity index (χ1) is 9.06. The minimum atomic E-state index is -0.0582. The third-order valence-electron chi connectivity index (χ3n) is 3.11. The van der Waals surface area contributed by atoms with Gasteiger partial charge in [0.25, 0.3) is 0 Å². The Hall–Kier alpha value is -1.10. The summed E-state index contributed by atoms with van der Waals surface area (Å²) >= 11 is 5.88. The van der Waals surface area contributed by atoms with Crippen LogP contribution in [0.15, 0.2) is 24.3 Å². The van der Waals surface area contributed by atoms with Gasteiger partial charge in [-0.2, -0.15) is 0 Å². The van der Waals surface area contributed by atoms with Crippen LogP contribution in [0, 0.1) is 0 Å². The molecule has 0 saturated carbocycles. The van der Waals surface area contributed by atoms with E-state index in [1.165, 1.54) is 0 Å². The summed E-state index contributed by atoms with van der Waals surface area (Å²) in [6, 6.07) is 7.60. The van der Waals surface area contributed by atoms with Gasteiger partial charge in [-0.25, -0.2) is 0 Å². The monoisotopic (exact) mass is 282 g/mol. The molecule has 1 aliphatic rings. The van der Waals surface area contributed by atoms with E-state index in [4.69, 9.17) is 16.3 Å². The van der Waals surface area contributed by atoms with Crippen LogP contribution in [0.1, 0.15) is 11.7 Å². The van der Waals surface area contributed by atoms with Gasteiger partial charge >= 0.3 is 0 Å². The normalized spacial score (nSPS) is 19.8. The highest BCUT2D eigenvalue weighted by atomic mass is 35.5. The minimum Gasteiger partial charge on any atom is -0.370 e. The lowest BCUT2D eigenvalue weighted by Crippen LogP contribution is -2.45. The van der Waals surface area contributed by atoms with E-state index in [9.17, 15) is 4.79 Å². The highest BCUT2D eigenvalue weighted by Gasteiger charge is 2.25. The number of likely N-dealkylation sites (N-methyl/N-ethyl adjacent to an activating group) is 1. The molecule has 1 saturated heterocycles. The van der Waals surface area contributed by atoms with Crippen molar-refractivity contribution in [2.75, 3.05) is 40.3 Å². The van der Waals surface area contributed by atoms with Crippen molar-refractivity contribution in [1.29, 1.82) is 0 Å². The zero-order chi connectivity index (χ0) is 13.8. The van der Waals surface area contributed by atoms with Crippen molar-refractivity contribution in [3.05, 3.63) is 34.9 Å². The van der Waals surface area contributed by atoms with Gasteiger partial charge in [-0.1, -0.05) is 23.7 Å². The Morgan fingerprint density at radius 3 is 2.74 bits per heavy atom. The molecule has 19 heavy (non-hydrogen) atoms. The molecule has 4 nitrogen and oxygen atoms in total. The van der Waals surface area contributed by atoms with Crippen LogP contribution in [0.2, 0.25) is 5.02 Å². The van der Waals surface area contributed by atoms with Gasteiger partial charge in [-0.3, -0.25) is 4.79 Å². The van der Waals surface area contributed by atoms with Gasteiger partial charge in [0.05, 0.1) is 19.7 Å². The molecule has 0 radical (unpaired) electrons. The Labute approximate surface area is 118 Å². The third-order valence-corrected chi connectivity index (χ3v) is 3.36. The molecular formula is C14H19ClN2O2. The Balaban J connectivity index is 2.00. The molecule has 1 amide bonds. The minimum absolute atomic E-state index is 0.0582. The van der Waals surface area contributed by atoms with Gasteiger partial charge in [0.15, 0.2) is 0 Å². The van der Waals surface area contributed by atoms with Crippen molar-refractivity contribution in [1.82, 2.24) is 9.80 Å². The number of benzene rings is 1. The van der Waals surface area contributed by atoms with Crippen LogP contribution >= 0.6 is 11.6 Å². The van der Waals surface area contributed by atoms with E-state index in [2.05, 4.69) is 0 Å². The Bertz CT molecular complexity index is 434. The molecule has 5 heteroatoms. The Morgan fingerprint density at radius 1 is 1.42 bits per heavy atom. The topological polar surface area (TPSA) is 32.8 Å². The molecule has 104 valence electrons. The molecule has 1 heterocycles. The second-order valence-corrected chi connectivity index (χ2v) is 5.42. The maximum atomic E-state index is 12.0. The van der Waals surface area contributed by atoms with Crippen molar-refractivity contribution in [3.8, 4) is 0 Å². The molecule has 0 aliphatic carbocycles. The second kappa shape index (κ2) is 6.37. The number of hydrogen-bond acceptors (Lipinski definition) is 3. The summed E-state index contributed by atoms with van der Waals surface area (Å²) < 4.78 is 5.74. The summed E-state index contributed by atoms with van der Waals surface area (Å²) in [5, 5.41) is 0.708. The van der Waals surface area contributed by atoms with E-state index < -0.39 is 0 Å². The maximum absolute atomic E-state index is 12.0. The van der Waals surface area contributed by atoms with E-state index in [1.54, 1.807) is 0 Å². The van der Waals surface area contributed by atoms with Gasteiger partial charge in [0.2, 0.25) is 5.91 Å². The number of ether oxygens (including phenoxy) is 1. The van der Waals surface area contributed by atoms with E-state index in [-0.39, 0.29) is 12.0 Å². The molecule has 0 bridgehead atoms. The molecule has 0 unspecified atom stereocenters. The van der Waals surface area contributed by atoms with E-state index in [1.807, 2.05) is 48.2 Å². The number of amides is 1. The number of carbonyl (C=O) groups is 1. The summed E-state index contributed by atoms with van der Waals surface area (Å²) in [6.07, 6.45) is -0.0582. The highest BCUT2D eigenvalue weighted by molar-refractivity contribution is 6.30. The number of halogens is 1. The summed E-state index contributed by atoms with van der Waals surface area (Å²) in [4.78, 5) is 15.8. The highest BCUT2D eigenvalue weighted by Crippen LogP contribution is 2.23.